The van der Waals surface area contributed by atoms with Crippen molar-refractivity contribution in [1.82, 2.24) is 5.32 Å². The number of methoxy groups -OCH3 is 1. The van der Waals surface area contributed by atoms with Crippen LogP contribution in [0.4, 0.5) is 0 Å². The monoisotopic (exact) mass is 221 g/mol. The van der Waals surface area contributed by atoms with Crippen LogP contribution in [0.15, 0.2) is 30.3 Å². The van der Waals surface area contributed by atoms with Crippen molar-refractivity contribution in [3.63, 3.8) is 0 Å². The van der Waals surface area contributed by atoms with Gasteiger partial charge in [-0.25, -0.2) is 4.79 Å². The summed E-state index contributed by atoms with van der Waals surface area (Å²) in [6, 6.07) is 9.66. The highest BCUT2D eigenvalue weighted by molar-refractivity contribution is 5.76. The zero-order chi connectivity index (χ0) is 11.4. The van der Waals surface area contributed by atoms with E-state index in [1.54, 1.807) is 0 Å². The zero-order valence-corrected chi connectivity index (χ0v) is 9.18. The second kappa shape index (κ2) is 5.09. The van der Waals surface area contributed by atoms with E-state index in [1.165, 1.54) is 7.11 Å². The first-order valence-electron chi connectivity index (χ1n) is 5.30. The molecule has 1 aliphatic heterocycles. The molecule has 2 rings (SSSR count). The molecule has 1 N–H and O–H groups in total. The van der Waals surface area contributed by atoms with Crippen molar-refractivity contribution in [3.8, 4) is 0 Å². The zero-order valence-electron chi connectivity index (χ0n) is 9.18. The Kier molecular flexibility index (Phi) is 3.54. The maximum absolute atomic E-state index is 11.6. The molecule has 0 saturated carbocycles. The number of carbonyl (C=O) groups is 1. The second-order valence-corrected chi connectivity index (χ2v) is 3.66. The van der Waals surface area contributed by atoms with Crippen molar-refractivity contribution in [3.05, 3.63) is 35.9 Å². The first kappa shape index (κ1) is 11.1. The minimum Gasteiger partial charge on any atom is -0.467 e. The summed E-state index contributed by atoms with van der Waals surface area (Å²) >= 11 is 0. The van der Waals surface area contributed by atoms with E-state index in [-0.39, 0.29) is 12.0 Å². The second-order valence-electron chi connectivity index (χ2n) is 3.66. The minimum absolute atomic E-state index is 0.123. The summed E-state index contributed by atoms with van der Waals surface area (Å²) in [6.45, 7) is 1.27. The molecule has 2 atom stereocenters. The number of carbonyl (C=O) groups excluding carboxylic acids is 1. The van der Waals surface area contributed by atoms with E-state index < -0.39 is 6.10 Å². The van der Waals surface area contributed by atoms with Crippen LogP contribution in [0.25, 0.3) is 0 Å². The van der Waals surface area contributed by atoms with E-state index in [0.29, 0.717) is 6.61 Å². The maximum atomic E-state index is 11.6. The standard InChI is InChI=1S/C12H15NO3/c1-15-12(14)11-10(13-7-8-16-11)9-5-3-2-4-6-9/h2-6,10-11,13H,7-8H2,1H3/t10-,11+/m1/s1. The van der Waals surface area contributed by atoms with Gasteiger partial charge in [0.05, 0.1) is 19.8 Å². The Morgan fingerprint density at radius 3 is 2.88 bits per heavy atom. The van der Waals surface area contributed by atoms with E-state index >= 15 is 0 Å². The number of ether oxygens (including phenoxy) is 2. The summed E-state index contributed by atoms with van der Waals surface area (Å²) in [5.41, 5.74) is 1.04. The molecule has 0 aliphatic carbocycles. The normalized spacial score (nSPS) is 25.1. The Balaban J connectivity index is 2.20. The first-order chi connectivity index (χ1) is 7.83. The fourth-order valence-corrected chi connectivity index (χ4v) is 1.88. The predicted molar refractivity (Wildman–Crippen MR) is 58.9 cm³/mol. The van der Waals surface area contributed by atoms with E-state index in [0.717, 1.165) is 12.1 Å². The van der Waals surface area contributed by atoms with Gasteiger partial charge in [0, 0.05) is 6.54 Å². The van der Waals surface area contributed by atoms with E-state index in [4.69, 9.17) is 9.47 Å². The largest absolute Gasteiger partial charge is 0.467 e. The summed E-state index contributed by atoms with van der Waals surface area (Å²) < 4.78 is 10.2. The summed E-state index contributed by atoms with van der Waals surface area (Å²) in [5.74, 6) is -0.332. The number of hydrogen-bond donors (Lipinski definition) is 1. The van der Waals surface area contributed by atoms with Gasteiger partial charge in [0.15, 0.2) is 6.10 Å². The summed E-state index contributed by atoms with van der Waals surface area (Å²) in [7, 11) is 1.38. The number of nitrogens with one attached hydrogen (secondary N) is 1. The van der Waals surface area contributed by atoms with Crippen LogP contribution in [0, 0.1) is 0 Å². The Hall–Kier alpha value is -1.39. The van der Waals surface area contributed by atoms with Crippen molar-refractivity contribution in [2.75, 3.05) is 20.3 Å². The highest BCUT2D eigenvalue weighted by atomic mass is 16.6. The number of hydrogen-bond acceptors (Lipinski definition) is 4. The van der Waals surface area contributed by atoms with Gasteiger partial charge in [0.1, 0.15) is 0 Å². The van der Waals surface area contributed by atoms with Gasteiger partial charge >= 0.3 is 5.97 Å². The van der Waals surface area contributed by atoms with Crippen LogP contribution in [-0.2, 0) is 14.3 Å². The van der Waals surface area contributed by atoms with Crippen molar-refractivity contribution >= 4 is 5.97 Å². The third-order valence-electron chi connectivity index (χ3n) is 2.66. The molecule has 1 aromatic rings. The lowest BCUT2D eigenvalue weighted by molar-refractivity contribution is -0.159. The van der Waals surface area contributed by atoms with Crippen molar-refractivity contribution in [1.29, 1.82) is 0 Å². The SMILES string of the molecule is COC(=O)[C@H]1OCCN[C@@H]1c1ccccc1. The molecule has 0 radical (unpaired) electrons. The summed E-state index contributed by atoms with van der Waals surface area (Å²) in [5, 5.41) is 3.27. The number of morpholine rings is 1. The lowest BCUT2D eigenvalue weighted by atomic mass is 10.0. The van der Waals surface area contributed by atoms with Gasteiger partial charge in [-0.2, -0.15) is 0 Å². The first-order valence-corrected chi connectivity index (χ1v) is 5.30. The smallest absolute Gasteiger partial charge is 0.336 e. The molecule has 1 heterocycles. The molecule has 16 heavy (non-hydrogen) atoms. The van der Waals surface area contributed by atoms with Crippen molar-refractivity contribution in [2.45, 2.75) is 12.1 Å². The topological polar surface area (TPSA) is 47.6 Å². The fraction of sp³-hybridized carbons (Fsp3) is 0.417. The Bertz CT molecular complexity index is 353. The molecule has 0 amide bonds. The number of rotatable bonds is 2. The van der Waals surface area contributed by atoms with E-state index in [9.17, 15) is 4.79 Å². The fourth-order valence-electron chi connectivity index (χ4n) is 1.88. The third-order valence-corrected chi connectivity index (χ3v) is 2.66. The molecule has 86 valence electrons. The Labute approximate surface area is 94.6 Å². The quantitative estimate of drug-likeness (QED) is 0.753. The molecular weight excluding hydrogens is 206 g/mol. The molecule has 0 spiro atoms. The molecule has 1 aromatic carbocycles. The Morgan fingerprint density at radius 1 is 1.44 bits per heavy atom. The lowest BCUT2D eigenvalue weighted by Gasteiger charge is -2.31. The number of esters is 1. The van der Waals surface area contributed by atoms with Crippen LogP contribution in [0.5, 0.6) is 0 Å². The van der Waals surface area contributed by atoms with Gasteiger partial charge in [-0.3, -0.25) is 0 Å². The molecule has 0 aromatic heterocycles. The molecule has 0 bridgehead atoms. The van der Waals surface area contributed by atoms with Crippen molar-refractivity contribution < 1.29 is 14.3 Å². The molecule has 1 fully saturated rings. The van der Waals surface area contributed by atoms with Gasteiger partial charge < -0.3 is 14.8 Å². The highest BCUT2D eigenvalue weighted by Gasteiger charge is 2.33. The molecular formula is C12H15NO3. The van der Waals surface area contributed by atoms with Gasteiger partial charge in [0.2, 0.25) is 0 Å². The Morgan fingerprint density at radius 2 is 2.19 bits per heavy atom. The minimum atomic E-state index is -0.554. The van der Waals surface area contributed by atoms with Crippen molar-refractivity contribution in [2.24, 2.45) is 0 Å². The van der Waals surface area contributed by atoms with Crippen LogP contribution >= 0.6 is 0 Å². The molecule has 4 nitrogen and oxygen atoms in total. The van der Waals surface area contributed by atoms with E-state index in [1.807, 2.05) is 30.3 Å². The average Bonchev–Trinajstić information content (AvgIpc) is 2.39. The molecule has 0 unspecified atom stereocenters. The average molecular weight is 221 g/mol. The molecule has 4 heteroatoms. The molecule has 1 aliphatic rings. The maximum Gasteiger partial charge on any atom is 0.336 e. The van der Waals surface area contributed by atoms with Gasteiger partial charge in [-0.1, -0.05) is 30.3 Å². The van der Waals surface area contributed by atoms with Crippen LogP contribution in [0.3, 0.4) is 0 Å². The van der Waals surface area contributed by atoms with Gasteiger partial charge in [-0.15, -0.1) is 0 Å². The summed E-state index contributed by atoms with van der Waals surface area (Å²) in [4.78, 5) is 11.6. The highest BCUT2D eigenvalue weighted by Crippen LogP contribution is 2.22. The van der Waals surface area contributed by atoms with Crippen LogP contribution in [0.2, 0.25) is 0 Å². The van der Waals surface area contributed by atoms with Crippen LogP contribution in [0.1, 0.15) is 11.6 Å². The number of benzene rings is 1. The summed E-state index contributed by atoms with van der Waals surface area (Å²) in [6.07, 6.45) is -0.554. The van der Waals surface area contributed by atoms with Gasteiger partial charge in [0.25, 0.3) is 0 Å². The lowest BCUT2D eigenvalue weighted by Crippen LogP contribution is -2.46. The third kappa shape index (κ3) is 2.23. The van der Waals surface area contributed by atoms with Crippen LogP contribution in [-0.4, -0.2) is 32.3 Å². The van der Waals surface area contributed by atoms with Gasteiger partial charge in [-0.05, 0) is 5.56 Å². The van der Waals surface area contributed by atoms with Crippen LogP contribution < -0.4 is 5.32 Å². The predicted octanol–water partition coefficient (Wildman–Crippen LogP) is 0.889. The van der Waals surface area contributed by atoms with E-state index in [2.05, 4.69) is 5.32 Å². The molecule has 1 saturated heterocycles.